The van der Waals surface area contributed by atoms with E-state index in [0.717, 1.165) is 13.0 Å². The van der Waals surface area contributed by atoms with Gasteiger partial charge in [0.15, 0.2) is 0 Å². The molecule has 5 heteroatoms. The first kappa shape index (κ1) is 12.6. The zero-order chi connectivity index (χ0) is 13.1. The summed E-state index contributed by atoms with van der Waals surface area (Å²) in [7, 11) is 0. The number of carbonyl (C=O) groups is 2. The summed E-state index contributed by atoms with van der Waals surface area (Å²) in [6.07, 6.45) is 0.898. The first-order valence-corrected chi connectivity index (χ1v) is 5.91. The molecule has 0 saturated carbocycles. The number of nitrogens with one attached hydrogen (secondary N) is 1. The molecule has 1 aliphatic rings. The Morgan fingerprint density at radius 3 is 2.72 bits per heavy atom. The second kappa shape index (κ2) is 5.18. The molecule has 0 spiro atoms. The molecule has 1 unspecified atom stereocenters. The van der Waals surface area contributed by atoms with E-state index >= 15 is 0 Å². The standard InChI is InChI=1S/C13H15NO4/c1-2-18-13(17)9-4-3-8(12(15)16)7-10(9)11-5-6-14-11/h3-4,7,11,14H,2,5-6H2,1H3,(H,15,16). The summed E-state index contributed by atoms with van der Waals surface area (Å²) in [5.74, 6) is -1.40. The maximum atomic E-state index is 11.8. The number of hydrogen-bond donors (Lipinski definition) is 2. The number of aromatic carboxylic acids is 1. The lowest BCUT2D eigenvalue weighted by Gasteiger charge is -2.29. The van der Waals surface area contributed by atoms with E-state index in [2.05, 4.69) is 5.32 Å². The van der Waals surface area contributed by atoms with Gasteiger partial charge in [-0.2, -0.15) is 0 Å². The zero-order valence-electron chi connectivity index (χ0n) is 10.1. The molecule has 2 N–H and O–H groups in total. The maximum Gasteiger partial charge on any atom is 0.338 e. The van der Waals surface area contributed by atoms with Crippen LogP contribution in [-0.2, 0) is 4.74 Å². The molecule has 1 aromatic rings. The summed E-state index contributed by atoms with van der Waals surface area (Å²) < 4.78 is 4.97. The van der Waals surface area contributed by atoms with Gasteiger partial charge in [-0.05, 0) is 43.7 Å². The van der Waals surface area contributed by atoms with E-state index in [1.807, 2.05) is 0 Å². The van der Waals surface area contributed by atoms with Crippen molar-refractivity contribution in [2.75, 3.05) is 13.2 Å². The number of esters is 1. The molecule has 1 fully saturated rings. The van der Waals surface area contributed by atoms with Gasteiger partial charge in [0, 0.05) is 6.04 Å². The molecule has 0 bridgehead atoms. The average molecular weight is 249 g/mol. The van der Waals surface area contributed by atoms with Crippen molar-refractivity contribution in [2.45, 2.75) is 19.4 Å². The minimum atomic E-state index is -0.994. The molecule has 5 nitrogen and oxygen atoms in total. The van der Waals surface area contributed by atoms with Gasteiger partial charge in [0.05, 0.1) is 17.7 Å². The van der Waals surface area contributed by atoms with Crippen LogP contribution in [0.2, 0.25) is 0 Å². The highest BCUT2D eigenvalue weighted by atomic mass is 16.5. The monoisotopic (exact) mass is 249 g/mol. The van der Waals surface area contributed by atoms with Crippen LogP contribution in [0.3, 0.4) is 0 Å². The maximum absolute atomic E-state index is 11.8. The number of carbonyl (C=O) groups excluding carboxylic acids is 1. The number of hydrogen-bond acceptors (Lipinski definition) is 4. The predicted molar refractivity (Wildman–Crippen MR) is 64.7 cm³/mol. The first-order chi connectivity index (χ1) is 8.63. The fourth-order valence-electron chi connectivity index (χ4n) is 1.93. The molecule has 0 aliphatic carbocycles. The van der Waals surface area contributed by atoms with Gasteiger partial charge < -0.3 is 15.2 Å². The molecular weight excluding hydrogens is 234 g/mol. The summed E-state index contributed by atoms with van der Waals surface area (Å²) in [6.45, 7) is 2.92. The van der Waals surface area contributed by atoms with Gasteiger partial charge in [0.25, 0.3) is 0 Å². The van der Waals surface area contributed by atoms with Crippen molar-refractivity contribution in [3.05, 3.63) is 34.9 Å². The summed E-state index contributed by atoms with van der Waals surface area (Å²) in [4.78, 5) is 22.7. The lowest BCUT2D eigenvalue weighted by Crippen LogP contribution is -2.36. The van der Waals surface area contributed by atoms with Crippen LogP contribution < -0.4 is 5.32 Å². The van der Waals surface area contributed by atoms with Gasteiger partial charge in [0.1, 0.15) is 0 Å². The molecule has 0 radical (unpaired) electrons. The van der Waals surface area contributed by atoms with Crippen molar-refractivity contribution in [3.8, 4) is 0 Å². The quantitative estimate of drug-likeness (QED) is 0.793. The number of carboxylic acids is 1. The molecular formula is C13H15NO4. The van der Waals surface area contributed by atoms with Crippen LogP contribution in [0.5, 0.6) is 0 Å². The normalized spacial score (nSPS) is 17.9. The number of rotatable bonds is 4. The average Bonchev–Trinajstić information content (AvgIpc) is 2.26. The van der Waals surface area contributed by atoms with E-state index < -0.39 is 11.9 Å². The van der Waals surface area contributed by atoms with Crippen LogP contribution in [0.15, 0.2) is 18.2 Å². The first-order valence-electron chi connectivity index (χ1n) is 5.91. The van der Waals surface area contributed by atoms with E-state index in [0.29, 0.717) is 17.7 Å². The van der Waals surface area contributed by atoms with Gasteiger partial charge in [-0.1, -0.05) is 0 Å². The van der Waals surface area contributed by atoms with Crippen LogP contribution in [0.25, 0.3) is 0 Å². The molecule has 1 aliphatic heterocycles. The zero-order valence-corrected chi connectivity index (χ0v) is 10.1. The van der Waals surface area contributed by atoms with E-state index in [-0.39, 0.29) is 11.6 Å². The van der Waals surface area contributed by atoms with Crippen LogP contribution in [-0.4, -0.2) is 30.2 Å². The third kappa shape index (κ3) is 2.36. The third-order valence-electron chi connectivity index (χ3n) is 2.99. The highest BCUT2D eigenvalue weighted by molar-refractivity contribution is 5.94. The van der Waals surface area contributed by atoms with Gasteiger partial charge in [0.2, 0.25) is 0 Å². The Kier molecular flexibility index (Phi) is 3.62. The summed E-state index contributed by atoms with van der Waals surface area (Å²) in [5.41, 5.74) is 1.34. The molecule has 1 atom stereocenters. The fraction of sp³-hybridized carbons (Fsp3) is 0.385. The van der Waals surface area contributed by atoms with E-state index in [1.165, 1.54) is 12.1 Å². The minimum absolute atomic E-state index is 0.0451. The molecule has 1 aromatic carbocycles. The van der Waals surface area contributed by atoms with Crippen molar-refractivity contribution in [2.24, 2.45) is 0 Å². The smallest absolute Gasteiger partial charge is 0.338 e. The Bertz CT molecular complexity index is 480. The van der Waals surface area contributed by atoms with Gasteiger partial charge in [-0.15, -0.1) is 0 Å². The lowest BCUT2D eigenvalue weighted by molar-refractivity contribution is 0.0522. The van der Waals surface area contributed by atoms with E-state index in [4.69, 9.17) is 9.84 Å². The van der Waals surface area contributed by atoms with Crippen LogP contribution in [0, 0.1) is 0 Å². The molecule has 2 rings (SSSR count). The van der Waals surface area contributed by atoms with Crippen molar-refractivity contribution in [3.63, 3.8) is 0 Å². The topological polar surface area (TPSA) is 75.6 Å². The molecule has 0 aromatic heterocycles. The predicted octanol–water partition coefficient (Wildman–Crippen LogP) is 1.60. The van der Waals surface area contributed by atoms with Crippen LogP contribution in [0.4, 0.5) is 0 Å². The second-order valence-corrected chi connectivity index (χ2v) is 4.12. The Morgan fingerprint density at radius 2 is 2.22 bits per heavy atom. The van der Waals surface area contributed by atoms with E-state index in [9.17, 15) is 9.59 Å². The summed E-state index contributed by atoms with van der Waals surface area (Å²) in [6, 6.07) is 4.54. The lowest BCUT2D eigenvalue weighted by atomic mass is 9.92. The Labute approximate surface area is 105 Å². The van der Waals surface area contributed by atoms with Crippen molar-refractivity contribution >= 4 is 11.9 Å². The molecule has 1 heterocycles. The largest absolute Gasteiger partial charge is 0.478 e. The van der Waals surface area contributed by atoms with Gasteiger partial charge in [-0.3, -0.25) is 0 Å². The molecule has 96 valence electrons. The van der Waals surface area contributed by atoms with Gasteiger partial charge >= 0.3 is 11.9 Å². The Morgan fingerprint density at radius 1 is 1.50 bits per heavy atom. The third-order valence-corrected chi connectivity index (χ3v) is 2.99. The second-order valence-electron chi connectivity index (χ2n) is 4.12. The highest BCUT2D eigenvalue weighted by Gasteiger charge is 2.25. The van der Waals surface area contributed by atoms with Crippen molar-refractivity contribution < 1.29 is 19.4 Å². The molecule has 18 heavy (non-hydrogen) atoms. The summed E-state index contributed by atoms with van der Waals surface area (Å²) in [5, 5.41) is 12.1. The Hall–Kier alpha value is -1.88. The van der Waals surface area contributed by atoms with Crippen LogP contribution >= 0.6 is 0 Å². The van der Waals surface area contributed by atoms with Crippen molar-refractivity contribution in [1.82, 2.24) is 5.32 Å². The SMILES string of the molecule is CCOC(=O)c1ccc(C(=O)O)cc1C1CCN1. The van der Waals surface area contributed by atoms with Crippen molar-refractivity contribution in [1.29, 1.82) is 0 Å². The fourth-order valence-corrected chi connectivity index (χ4v) is 1.93. The minimum Gasteiger partial charge on any atom is -0.478 e. The van der Waals surface area contributed by atoms with E-state index in [1.54, 1.807) is 13.0 Å². The summed E-state index contributed by atoms with van der Waals surface area (Å²) >= 11 is 0. The molecule has 0 amide bonds. The number of ether oxygens (including phenoxy) is 1. The molecule has 1 saturated heterocycles. The number of carboxylic acid groups (broad SMARTS) is 1. The highest BCUT2D eigenvalue weighted by Crippen LogP contribution is 2.27. The van der Waals surface area contributed by atoms with Crippen LogP contribution in [0.1, 0.15) is 45.7 Å². The number of benzene rings is 1. The Balaban J connectivity index is 2.38. The van der Waals surface area contributed by atoms with Gasteiger partial charge in [-0.25, -0.2) is 9.59 Å².